The van der Waals surface area contributed by atoms with E-state index in [4.69, 9.17) is 4.74 Å². The molecular weight excluding hydrogens is 240 g/mol. The van der Waals surface area contributed by atoms with Crippen LogP contribution in [0, 0.1) is 11.6 Å². The minimum Gasteiger partial charge on any atom is -0.465 e. The summed E-state index contributed by atoms with van der Waals surface area (Å²) in [6, 6.07) is 2.24. The zero-order chi connectivity index (χ0) is 13.5. The highest BCUT2D eigenvalue weighted by Crippen LogP contribution is 2.19. The summed E-state index contributed by atoms with van der Waals surface area (Å²) in [5.41, 5.74) is 0.100. The van der Waals surface area contributed by atoms with Crippen LogP contribution in [0.1, 0.15) is 31.9 Å². The monoisotopic (exact) mass is 257 g/mol. The van der Waals surface area contributed by atoms with Crippen molar-refractivity contribution in [2.45, 2.75) is 26.3 Å². The van der Waals surface area contributed by atoms with Gasteiger partial charge < -0.3 is 10.1 Å². The second kappa shape index (κ2) is 7.06. The fraction of sp³-hybridized carbons (Fsp3) is 0.462. The Kier molecular flexibility index (Phi) is 5.71. The molecule has 18 heavy (non-hydrogen) atoms. The third-order valence-corrected chi connectivity index (χ3v) is 2.39. The Balaban J connectivity index is 2.97. The molecule has 0 aliphatic carbocycles. The van der Waals surface area contributed by atoms with Crippen molar-refractivity contribution in [3.05, 3.63) is 35.4 Å². The molecule has 0 saturated heterocycles. The summed E-state index contributed by atoms with van der Waals surface area (Å²) in [6.07, 6.45) is 0.790. The Hall–Kier alpha value is -1.49. The van der Waals surface area contributed by atoms with E-state index in [2.05, 4.69) is 5.32 Å². The van der Waals surface area contributed by atoms with Crippen LogP contribution in [0.5, 0.6) is 0 Å². The molecule has 100 valence electrons. The fourth-order valence-electron chi connectivity index (χ4n) is 1.57. The minimum atomic E-state index is -0.898. The molecule has 0 aliphatic rings. The smallest absolute Gasteiger partial charge is 0.327 e. The van der Waals surface area contributed by atoms with Gasteiger partial charge in [0.05, 0.1) is 6.61 Å². The van der Waals surface area contributed by atoms with Crippen LogP contribution in [0.3, 0.4) is 0 Å². The molecule has 1 aromatic rings. The number of esters is 1. The molecule has 3 nitrogen and oxygen atoms in total. The second-order valence-electron chi connectivity index (χ2n) is 3.81. The van der Waals surface area contributed by atoms with Gasteiger partial charge in [0, 0.05) is 11.6 Å². The lowest BCUT2D eigenvalue weighted by Crippen LogP contribution is -2.31. The molecule has 1 aromatic carbocycles. The fourth-order valence-corrected chi connectivity index (χ4v) is 1.57. The third kappa shape index (κ3) is 3.77. The Morgan fingerprint density at radius 1 is 1.39 bits per heavy atom. The summed E-state index contributed by atoms with van der Waals surface area (Å²) < 4.78 is 31.4. The maximum atomic E-state index is 13.6. The van der Waals surface area contributed by atoms with Crippen molar-refractivity contribution in [2.75, 3.05) is 13.2 Å². The van der Waals surface area contributed by atoms with E-state index in [-0.39, 0.29) is 12.2 Å². The molecular formula is C13H17F2NO2. The van der Waals surface area contributed by atoms with E-state index in [0.717, 1.165) is 18.6 Å². The van der Waals surface area contributed by atoms with Gasteiger partial charge in [-0.05, 0) is 26.0 Å². The molecule has 1 atom stereocenters. The van der Waals surface area contributed by atoms with E-state index in [1.807, 2.05) is 6.92 Å². The Morgan fingerprint density at radius 3 is 2.67 bits per heavy atom. The molecule has 1 rings (SSSR count). The van der Waals surface area contributed by atoms with Crippen LogP contribution >= 0.6 is 0 Å². The highest BCUT2D eigenvalue weighted by molar-refractivity contribution is 5.77. The lowest BCUT2D eigenvalue weighted by Gasteiger charge is -2.17. The van der Waals surface area contributed by atoms with Gasteiger partial charge in [-0.25, -0.2) is 13.6 Å². The third-order valence-electron chi connectivity index (χ3n) is 2.39. The molecule has 0 bridgehead atoms. The van der Waals surface area contributed by atoms with Crippen molar-refractivity contribution in [3.63, 3.8) is 0 Å². The van der Waals surface area contributed by atoms with Crippen molar-refractivity contribution in [3.8, 4) is 0 Å². The number of ether oxygens (including phenoxy) is 1. The first-order valence-electron chi connectivity index (χ1n) is 5.95. The summed E-state index contributed by atoms with van der Waals surface area (Å²) >= 11 is 0. The zero-order valence-corrected chi connectivity index (χ0v) is 10.5. The molecule has 0 radical (unpaired) electrons. The van der Waals surface area contributed by atoms with Gasteiger partial charge in [0.15, 0.2) is 0 Å². The van der Waals surface area contributed by atoms with Crippen molar-refractivity contribution in [2.24, 2.45) is 0 Å². The zero-order valence-electron chi connectivity index (χ0n) is 10.5. The van der Waals surface area contributed by atoms with Crippen molar-refractivity contribution >= 4 is 5.97 Å². The van der Waals surface area contributed by atoms with Crippen molar-refractivity contribution < 1.29 is 18.3 Å². The lowest BCUT2D eigenvalue weighted by atomic mass is 10.1. The highest BCUT2D eigenvalue weighted by atomic mass is 19.1. The minimum absolute atomic E-state index is 0.100. The van der Waals surface area contributed by atoms with Crippen LogP contribution < -0.4 is 5.32 Å². The Labute approximate surface area is 105 Å². The number of hydrogen-bond acceptors (Lipinski definition) is 3. The largest absolute Gasteiger partial charge is 0.465 e. The van der Waals surface area contributed by atoms with Crippen LogP contribution in [0.4, 0.5) is 8.78 Å². The highest BCUT2D eigenvalue weighted by Gasteiger charge is 2.24. The quantitative estimate of drug-likeness (QED) is 0.796. The first kappa shape index (κ1) is 14.6. The average molecular weight is 257 g/mol. The molecule has 5 heteroatoms. The number of nitrogens with one attached hydrogen (secondary N) is 1. The predicted molar refractivity (Wildman–Crippen MR) is 64.0 cm³/mol. The standard InChI is InChI=1S/C13H17F2NO2/c1-3-7-16-12(13(17)18-4-2)10-6-5-9(14)8-11(10)15/h5-6,8,12,16H,3-4,7H2,1-2H3. The van der Waals surface area contributed by atoms with Gasteiger partial charge in [0.2, 0.25) is 0 Å². The Morgan fingerprint density at radius 2 is 2.11 bits per heavy atom. The van der Waals surface area contributed by atoms with Gasteiger partial charge in [0.25, 0.3) is 0 Å². The van der Waals surface area contributed by atoms with Crippen molar-refractivity contribution in [1.82, 2.24) is 5.32 Å². The molecule has 1 unspecified atom stereocenters. The molecule has 1 N–H and O–H groups in total. The maximum absolute atomic E-state index is 13.6. The van der Waals surface area contributed by atoms with E-state index in [9.17, 15) is 13.6 Å². The predicted octanol–water partition coefficient (Wildman–Crippen LogP) is 2.57. The summed E-state index contributed by atoms with van der Waals surface area (Å²) in [4.78, 5) is 11.7. The van der Waals surface area contributed by atoms with Gasteiger partial charge in [-0.3, -0.25) is 0 Å². The van der Waals surface area contributed by atoms with E-state index in [0.29, 0.717) is 6.54 Å². The van der Waals surface area contributed by atoms with E-state index >= 15 is 0 Å². The molecule has 0 saturated carbocycles. The van der Waals surface area contributed by atoms with Gasteiger partial charge in [-0.2, -0.15) is 0 Å². The summed E-state index contributed by atoms with van der Waals surface area (Å²) in [7, 11) is 0. The Bertz CT molecular complexity index is 410. The number of carbonyl (C=O) groups excluding carboxylic acids is 1. The van der Waals surface area contributed by atoms with Gasteiger partial charge in [-0.1, -0.05) is 13.0 Å². The van der Waals surface area contributed by atoms with Crippen LogP contribution in [-0.2, 0) is 9.53 Å². The van der Waals surface area contributed by atoms with Gasteiger partial charge in [0.1, 0.15) is 17.7 Å². The molecule has 0 aromatic heterocycles. The molecule has 0 heterocycles. The number of rotatable bonds is 6. The number of benzene rings is 1. The lowest BCUT2D eigenvalue weighted by molar-refractivity contribution is -0.145. The van der Waals surface area contributed by atoms with E-state index < -0.39 is 23.6 Å². The van der Waals surface area contributed by atoms with Crippen LogP contribution in [0.25, 0.3) is 0 Å². The molecule has 0 aliphatic heterocycles. The van der Waals surface area contributed by atoms with E-state index in [1.165, 1.54) is 6.07 Å². The van der Waals surface area contributed by atoms with Gasteiger partial charge in [-0.15, -0.1) is 0 Å². The molecule has 0 fully saturated rings. The van der Waals surface area contributed by atoms with Crippen molar-refractivity contribution in [1.29, 1.82) is 0 Å². The summed E-state index contributed by atoms with van der Waals surface area (Å²) in [5.74, 6) is -1.98. The average Bonchev–Trinajstić information content (AvgIpc) is 2.32. The summed E-state index contributed by atoms with van der Waals surface area (Å²) in [5, 5.41) is 2.89. The molecule has 0 spiro atoms. The number of halogens is 2. The topological polar surface area (TPSA) is 38.3 Å². The number of hydrogen-bond donors (Lipinski definition) is 1. The SMILES string of the molecule is CCCNC(C(=O)OCC)c1ccc(F)cc1F. The van der Waals surface area contributed by atoms with Gasteiger partial charge >= 0.3 is 5.97 Å². The van der Waals surface area contributed by atoms with Crippen LogP contribution in [0.2, 0.25) is 0 Å². The molecule has 0 amide bonds. The number of carbonyl (C=O) groups is 1. The van der Waals surface area contributed by atoms with Crippen LogP contribution in [-0.4, -0.2) is 19.1 Å². The second-order valence-corrected chi connectivity index (χ2v) is 3.81. The normalized spacial score (nSPS) is 12.2. The first-order chi connectivity index (χ1) is 8.60. The van der Waals surface area contributed by atoms with Crippen LogP contribution in [0.15, 0.2) is 18.2 Å². The van der Waals surface area contributed by atoms with E-state index in [1.54, 1.807) is 6.92 Å². The maximum Gasteiger partial charge on any atom is 0.327 e. The first-order valence-corrected chi connectivity index (χ1v) is 5.95. The summed E-state index contributed by atoms with van der Waals surface area (Å²) in [6.45, 7) is 4.36.